The molecule has 2 heterocycles. The Morgan fingerprint density at radius 3 is 2.36 bits per heavy atom. The second-order valence-electron chi connectivity index (χ2n) is 12.1. The van der Waals surface area contributed by atoms with Gasteiger partial charge in [-0.3, -0.25) is 14.4 Å². The van der Waals surface area contributed by atoms with Gasteiger partial charge in [-0.2, -0.15) is 0 Å². The lowest BCUT2D eigenvalue weighted by molar-refractivity contribution is -0.156. The Labute approximate surface area is 258 Å². The third-order valence-corrected chi connectivity index (χ3v) is 8.57. The molecule has 0 aliphatic carbocycles. The first-order valence-corrected chi connectivity index (χ1v) is 16.4. The molecule has 1 fully saturated rings. The number of hydrogen-bond acceptors (Lipinski definition) is 8. The molecule has 4 N–H and O–H groups in total. The predicted molar refractivity (Wildman–Crippen MR) is 169 cm³/mol. The van der Waals surface area contributed by atoms with E-state index in [0.717, 1.165) is 35.6 Å². The van der Waals surface area contributed by atoms with E-state index in [1.165, 1.54) is 0 Å². The minimum absolute atomic E-state index is 0.148. The fraction of sp³-hybridized carbons (Fsp3) is 0.438. The first-order valence-electron chi connectivity index (χ1n) is 14.8. The van der Waals surface area contributed by atoms with Crippen molar-refractivity contribution < 1.29 is 27.5 Å². The average molecular weight is 624 g/mol. The highest BCUT2D eigenvalue weighted by molar-refractivity contribution is 7.88. The van der Waals surface area contributed by atoms with Gasteiger partial charge >= 0.3 is 5.97 Å². The summed E-state index contributed by atoms with van der Waals surface area (Å²) in [4.78, 5) is 46.2. The van der Waals surface area contributed by atoms with Crippen molar-refractivity contribution in [3.63, 3.8) is 0 Å². The summed E-state index contributed by atoms with van der Waals surface area (Å²) in [5.74, 6) is -1.82. The molecule has 4 rings (SSSR count). The number of amides is 2. The fourth-order valence-corrected chi connectivity index (χ4v) is 6.55. The first kappa shape index (κ1) is 32.9. The Hall–Kier alpha value is -4.03. The number of carbonyl (C=O) groups excluding carboxylic acids is 3. The van der Waals surface area contributed by atoms with Crippen LogP contribution in [-0.2, 0) is 41.3 Å². The van der Waals surface area contributed by atoms with Gasteiger partial charge in [-0.1, -0.05) is 48.5 Å². The lowest BCUT2D eigenvalue weighted by atomic mass is 10.00. The van der Waals surface area contributed by atoms with Crippen LogP contribution in [0.1, 0.15) is 57.6 Å². The van der Waals surface area contributed by atoms with Gasteiger partial charge < -0.3 is 20.7 Å². The number of aromatic nitrogens is 1. The monoisotopic (exact) mass is 623 g/mol. The van der Waals surface area contributed by atoms with E-state index in [9.17, 15) is 22.8 Å². The van der Waals surface area contributed by atoms with Crippen LogP contribution in [0.5, 0.6) is 0 Å². The SMILES string of the molecule is CC(C)(C)OC(=O)C[C@H](NS(=O)(=O)Cc1ccccc1)C(=O)NC(Cc1ccc2c(N)nccc2c1)C(=O)N1CCCCC1. The molecule has 236 valence electrons. The number of hydrogen-bond donors (Lipinski definition) is 3. The molecule has 1 saturated heterocycles. The van der Waals surface area contributed by atoms with Crippen molar-refractivity contribution in [1.29, 1.82) is 0 Å². The van der Waals surface area contributed by atoms with Gasteiger partial charge in [-0.15, -0.1) is 0 Å². The number of piperidine rings is 1. The normalized spacial score (nSPS) is 15.4. The predicted octanol–water partition coefficient (Wildman–Crippen LogP) is 3.08. The lowest BCUT2D eigenvalue weighted by Gasteiger charge is -2.31. The number of likely N-dealkylation sites (tertiary alicyclic amines) is 1. The van der Waals surface area contributed by atoms with Gasteiger partial charge in [0.2, 0.25) is 21.8 Å². The zero-order chi connectivity index (χ0) is 31.9. The van der Waals surface area contributed by atoms with Crippen molar-refractivity contribution in [3.05, 3.63) is 71.9 Å². The van der Waals surface area contributed by atoms with E-state index < -0.39 is 51.8 Å². The van der Waals surface area contributed by atoms with Crippen molar-refractivity contribution >= 4 is 44.4 Å². The molecule has 0 spiro atoms. The van der Waals surface area contributed by atoms with E-state index in [1.807, 2.05) is 24.3 Å². The van der Waals surface area contributed by atoms with Crippen LogP contribution in [0, 0.1) is 0 Å². The van der Waals surface area contributed by atoms with Crippen molar-refractivity contribution in [2.24, 2.45) is 0 Å². The molecule has 1 unspecified atom stereocenters. The maximum absolute atomic E-state index is 13.8. The molecule has 1 aliphatic heterocycles. The van der Waals surface area contributed by atoms with Gasteiger partial charge in [0.1, 0.15) is 23.5 Å². The van der Waals surface area contributed by atoms with Crippen LogP contribution < -0.4 is 15.8 Å². The highest BCUT2D eigenvalue weighted by atomic mass is 32.2. The second kappa shape index (κ2) is 14.2. The summed E-state index contributed by atoms with van der Waals surface area (Å²) in [6.07, 6.45) is 3.92. The minimum Gasteiger partial charge on any atom is -0.460 e. The third-order valence-electron chi connectivity index (χ3n) is 7.21. The summed E-state index contributed by atoms with van der Waals surface area (Å²) < 4.78 is 34.1. The maximum Gasteiger partial charge on any atom is 0.308 e. The van der Waals surface area contributed by atoms with Gasteiger partial charge in [-0.05, 0) is 62.6 Å². The Morgan fingerprint density at radius 2 is 1.68 bits per heavy atom. The molecule has 2 aromatic carbocycles. The van der Waals surface area contributed by atoms with Gasteiger partial charge in [0.25, 0.3) is 0 Å². The Morgan fingerprint density at radius 1 is 0.977 bits per heavy atom. The molecule has 12 heteroatoms. The molecule has 0 bridgehead atoms. The quantitative estimate of drug-likeness (QED) is 0.275. The number of esters is 1. The van der Waals surface area contributed by atoms with Crippen LogP contribution >= 0.6 is 0 Å². The topological polar surface area (TPSA) is 161 Å². The van der Waals surface area contributed by atoms with Crippen molar-refractivity contribution in [3.8, 4) is 0 Å². The molecule has 2 amide bonds. The largest absolute Gasteiger partial charge is 0.460 e. The Kier molecular flexibility index (Phi) is 10.6. The van der Waals surface area contributed by atoms with Gasteiger partial charge in [0.05, 0.1) is 12.2 Å². The fourth-order valence-electron chi connectivity index (χ4n) is 5.21. The zero-order valence-electron chi connectivity index (χ0n) is 25.4. The van der Waals surface area contributed by atoms with Crippen LogP contribution in [0.25, 0.3) is 10.8 Å². The molecule has 3 aromatic rings. The zero-order valence-corrected chi connectivity index (χ0v) is 26.2. The number of benzene rings is 2. The molecular weight excluding hydrogens is 582 g/mol. The standard InChI is InChI=1S/C32H41N5O6S/c1-32(2,3)43-28(38)20-26(36-44(41,42)21-22-10-6-4-7-11-22)30(39)35-27(31(40)37-16-8-5-9-17-37)19-23-12-13-25-24(18-23)14-15-34-29(25)33/h4,6-7,10-15,18,26-27,36H,5,8-9,16-17,19-21H2,1-3H3,(H2,33,34)(H,35,39)/t26-,27?/m0/s1. The number of nitrogens with one attached hydrogen (secondary N) is 2. The number of fused-ring (bicyclic) bond motifs is 1. The maximum atomic E-state index is 13.8. The summed E-state index contributed by atoms with van der Waals surface area (Å²) in [5.41, 5.74) is 6.45. The summed E-state index contributed by atoms with van der Waals surface area (Å²) >= 11 is 0. The third kappa shape index (κ3) is 9.48. The summed E-state index contributed by atoms with van der Waals surface area (Å²) in [5, 5.41) is 4.38. The van der Waals surface area contributed by atoms with Crippen LogP contribution in [0.2, 0.25) is 0 Å². The van der Waals surface area contributed by atoms with Crippen LogP contribution in [0.3, 0.4) is 0 Å². The summed E-state index contributed by atoms with van der Waals surface area (Å²) in [6, 6.07) is 13.3. The molecule has 1 aromatic heterocycles. The van der Waals surface area contributed by atoms with Crippen molar-refractivity contribution in [1.82, 2.24) is 19.9 Å². The molecule has 44 heavy (non-hydrogen) atoms. The number of carbonyl (C=O) groups is 3. The van der Waals surface area contributed by atoms with Gasteiger partial charge in [-0.25, -0.2) is 18.1 Å². The Bertz CT molecular complexity index is 1580. The van der Waals surface area contributed by atoms with E-state index in [-0.39, 0.29) is 12.3 Å². The number of nitrogens with zero attached hydrogens (tertiary/aromatic N) is 2. The number of nitrogens with two attached hydrogens (primary N) is 1. The molecule has 0 saturated carbocycles. The van der Waals surface area contributed by atoms with Crippen LogP contribution in [0.4, 0.5) is 5.82 Å². The lowest BCUT2D eigenvalue weighted by Crippen LogP contribution is -2.56. The molecular formula is C32H41N5O6S. The van der Waals surface area contributed by atoms with Crippen molar-refractivity contribution in [2.45, 2.75) is 76.3 Å². The summed E-state index contributed by atoms with van der Waals surface area (Å²) in [7, 11) is -4.06. The van der Waals surface area contributed by atoms with Crippen LogP contribution in [-0.4, -0.2) is 66.9 Å². The molecule has 1 aliphatic rings. The van der Waals surface area contributed by atoms with E-state index >= 15 is 0 Å². The van der Waals surface area contributed by atoms with E-state index in [0.29, 0.717) is 24.5 Å². The molecule has 11 nitrogen and oxygen atoms in total. The highest BCUT2D eigenvalue weighted by Gasteiger charge is 2.34. The second-order valence-corrected chi connectivity index (χ2v) is 13.9. The number of anilines is 1. The molecule has 2 atom stereocenters. The van der Waals surface area contributed by atoms with Gasteiger partial charge in [0, 0.05) is 31.1 Å². The number of nitrogen functional groups attached to an aromatic ring is 1. The number of pyridine rings is 1. The van der Waals surface area contributed by atoms with E-state index in [2.05, 4.69) is 15.0 Å². The number of ether oxygens (including phenoxy) is 1. The van der Waals surface area contributed by atoms with Gasteiger partial charge in [0.15, 0.2) is 0 Å². The average Bonchev–Trinajstić information content (AvgIpc) is 2.96. The minimum atomic E-state index is -4.06. The number of rotatable bonds is 11. The highest BCUT2D eigenvalue weighted by Crippen LogP contribution is 2.22. The first-order chi connectivity index (χ1) is 20.8. The Balaban J connectivity index is 1.60. The summed E-state index contributed by atoms with van der Waals surface area (Å²) in [6.45, 7) is 6.17. The van der Waals surface area contributed by atoms with Crippen LogP contribution in [0.15, 0.2) is 60.8 Å². The van der Waals surface area contributed by atoms with E-state index in [1.54, 1.807) is 62.2 Å². The molecule has 0 radical (unpaired) electrons. The van der Waals surface area contributed by atoms with Crippen molar-refractivity contribution in [2.75, 3.05) is 18.8 Å². The van der Waals surface area contributed by atoms with E-state index in [4.69, 9.17) is 10.5 Å². The number of sulfonamides is 1. The smallest absolute Gasteiger partial charge is 0.308 e.